The number of aryl methyl sites for hydroxylation is 1. The minimum absolute atomic E-state index is 0.676. The van der Waals surface area contributed by atoms with Gasteiger partial charge >= 0.3 is 0 Å². The maximum absolute atomic E-state index is 10.9. The Hall–Kier alpha value is -1.13. The van der Waals surface area contributed by atoms with Gasteiger partial charge in [-0.1, -0.05) is 18.2 Å². The van der Waals surface area contributed by atoms with E-state index in [2.05, 4.69) is 47.4 Å². The van der Waals surface area contributed by atoms with E-state index >= 15 is 0 Å². The molecule has 1 atom stereocenters. The van der Waals surface area contributed by atoms with Crippen molar-refractivity contribution in [3.05, 3.63) is 36.0 Å². The van der Waals surface area contributed by atoms with E-state index in [1.54, 1.807) is 6.26 Å². The maximum Gasteiger partial charge on any atom is 0.0481 e. The topological polar surface area (TPSA) is 34.0 Å². The number of benzene rings is 1. The molecule has 1 aromatic heterocycles. The first-order chi connectivity index (χ1) is 8.68. The van der Waals surface area contributed by atoms with Gasteiger partial charge in [0.25, 0.3) is 0 Å². The fourth-order valence-electron chi connectivity index (χ4n) is 2.19. The van der Waals surface area contributed by atoms with Crippen molar-refractivity contribution in [2.75, 3.05) is 18.6 Å². The predicted molar refractivity (Wildman–Crippen MR) is 78.2 cm³/mol. The van der Waals surface area contributed by atoms with Gasteiger partial charge in [-0.05, 0) is 24.6 Å². The van der Waals surface area contributed by atoms with Crippen molar-refractivity contribution in [3.8, 4) is 0 Å². The molecule has 1 N–H and O–H groups in total. The van der Waals surface area contributed by atoms with Crippen LogP contribution < -0.4 is 5.32 Å². The molecule has 4 heteroatoms. The van der Waals surface area contributed by atoms with E-state index in [1.165, 1.54) is 16.5 Å². The Morgan fingerprint density at radius 1 is 1.33 bits per heavy atom. The van der Waals surface area contributed by atoms with Crippen LogP contribution in [0.1, 0.15) is 12.0 Å². The second kappa shape index (κ2) is 6.16. The molecule has 2 aromatic rings. The molecule has 0 saturated heterocycles. The van der Waals surface area contributed by atoms with Gasteiger partial charge < -0.3 is 9.88 Å². The molecular weight excluding hydrogens is 244 g/mol. The van der Waals surface area contributed by atoms with E-state index in [9.17, 15) is 4.21 Å². The molecule has 0 aliphatic carbocycles. The van der Waals surface area contributed by atoms with E-state index in [0.29, 0.717) is 0 Å². The number of hydrogen-bond donors (Lipinski definition) is 1. The van der Waals surface area contributed by atoms with Crippen molar-refractivity contribution in [1.82, 2.24) is 9.88 Å². The van der Waals surface area contributed by atoms with Crippen LogP contribution in [-0.4, -0.2) is 27.3 Å². The molecule has 0 bridgehead atoms. The van der Waals surface area contributed by atoms with Crippen LogP contribution in [0.25, 0.3) is 10.9 Å². The average Bonchev–Trinajstić information content (AvgIpc) is 2.66. The first-order valence-corrected chi connectivity index (χ1v) is 7.95. The van der Waals surface area contributed by atoms with Crippen molar-refractivity contribution < 1.29 is 4.21 Å². The molecule has 0 radical (unpaired) electrons. The van der Waals surface area contributed by atoms with Crippen LogP contribution >= 0.6 is 0 Å². The number of hydrogen-bond acceptors (Lipinski definition) is 2. The van der Waals surface area contributed by atoms with Crippen molar-refractivity contribution in [3.63, 3.8) is 0 Å². The monoisotopic (exact) mass is 264 g/mol. The molecule has 0 spiro atoms. The van der Waals surface area contributed by atoms with Gasteiger partial charge in [0.1, 0.15) is 0 Å². The molecule has 1 unspecified atom stereocenters. The van der Waals surface area contributed by atoms with Gasteiger partial charge in [-0.25, -0.2) is 0 Å². The van der Waals surface area contributed by atoms with Crippen LogP contribution in [0.4, 0.5) is 0 Å². The minimum Gasteiger partial charge on any atom is -0.350 e. The molecular formula is C14H20N2OS. The Kier molecular flexibility index (Phi) is 4.55. The summed E-state index contributed by atoms with van der Waals surface area (Å²) in [6.07, 6.45) is 4.90. The fourth-order valence-corrected chi connectivity index (χ4v) is 2.74. The summed E-state index contributed by atoms with van der Waals surface area (Å²) in [4.78, 5) is 0. The molecule has 0 saturated carbocycles. The van der Waals surface area contributed by atoms with Crippen molar-refractivity contribution in [2.45, 2.75) is 13.0 Å². The van der Waals surface area contributed by atoms with Crippen molar-refractivity contribution in [2.24, 2.45) is 7.05 Å². The zero-order valence-electron chi connectivity index (χ0n) is 11.0. The van der Waals surface area contributed by atoms with Crippen LogP contribution in [0.5, 0.6) is 0 Å². The van der Waals surface area contributed by atoms with Crippen LogP contribution in [0, 0.1) is 0 Å². The highest BCUT2D eigenvalue weighted by atomic mass is 32.2. The van der Waals surface area contributed by atoms with Gasteiger partial charge in [0.2, 0.25) is 0 Å². The van der Waals surface area contributed by atoms with Gasteiger partial charge in [0.05, 0.1) is 0 Å². The Labute approximate surface area is 111 Å². The van der Waals surface area contributed by atoms with Gasteiger partial charge in [0, 0.05) is 53.5 Å². The summed E-state index contributed by atoms with van der Waals surface area (Å²) in [6, 6.07) is 8.44. The average molecular weight is 264 g/mol. The summed E-state index contributed by atoms with van der Waals surface area (Å²) < 4.78 is 13.1. The van der Waals surface area contributed by atoms with E-state index in [-0.39, 0.29) is 0 Å². The zero-order chi connectivity index (χ0) is 13.0. The second-order valence-electron chi connectivity index (χ2n) is 4.59. The van der Waals surface area contributed by atoms with Gasteiger partial charge in [-0.15, -0.1) is 0 Å². The van der Waals surface area contributed by atoms with Crippen molar-refractivity contribution >= 4 is 21.7 Å². The highest BCUT2D eigenvalue weighted by molar-refractivity contribution is 7.84. The number of nitrogens with zero attached hydrogens (tertiary/aromatic N) is 1. The lowest BCUT2D eigenvalue weighted by Crippen LogP contribution is -2.16. The molecule has 18 heavy (non-hydrogen) atoms. The number of nitrogens with one attached hydrogen (secondary N) is 1. The van der Waals surface area contributed by atoms with Crippen LogP contribution in [0.2, 0.25) is 0 Å². The third kappa shape index (κ3) is 3.21. The number of fused-ring (bicyclic) bond motifs is 1. The van der Waals surface area contributed by atoms with Gasteiger partial charge in [0.15, 0.2) is 0 Å². The lowest BCUT2D eigenvalue weighted by Gasteiger charge is -2.02. The number of rotatable bonds is 6. The molecule has 0 aliphatic heterocycles. The standard InChI is InChI=1S/C14H20N2OS/c1-16-11-12(10-15-8-5-9-18(2)17)13-6-3-4-7-14(13)16/h3-4,6-7,11,15H,5,8-10H2,1-2H3. The fraction of sp³-hybridized carbons (Fsp3) is 0.429. The largest absolute Gasteiger partial charge is 0.350 e. The molecule has 1 heterocycles. The van der Waals surface area contributed by atoms with Crippen LogP contribution in [0.3, 0.4) is 0 Å². The Bertz CT molecular complexity index is 548. The van der Waals surface area contributed by atoms with Gasteiger partial charge in [-0.2, -0.15) is 0 Å². The summed E-state index contributed by atoms with van der Waals surface area (Å²) in [5, 5.41) is 4.73. The Balaban J connectivity index is 1.94. The highest BCUT2D eigenvalue weighted by Crippen LogP contribution is 2.19. The number of aromatic nitrogens is 1. The SMILES string of the molecule is Cn1cc(CNCCCS(C)=O)c2ccccc21. The summed E-state index contributed by atoms with van der Waals surface area (Å²) in [5.74, 6) is 0.780. The summed E-state index contributed by atoms with van der Waals surface area (Å²) in [6.45, 7) is 1.79. The van der Waals surface area contributed by atoms with Crippen molar-refractivity contribution in [1.29, 1.82) is 0 Å². The van der Waals surface area contributed by atoms with Crippen LogP contribution in [-0.2, 0) is 24.4 Å². The van der Waals surface area contributed by atoms with Gasteiger partial charge in [-0.3, -0.25) is 4.21 Å². The Morgan fingerprint density at radius 3 is 2.89 bits per heavy atom. The van der Waals surface area contributed by atoms with E-state index in [0.717, 1.165) is 25.3 Å². The first kappa shape index (κ1) is 13.3. The third-order valence-electron chi connectivity index (χ3n) is 3.08. The molecule has 0 aliphatic rings. The summed E-state index contributed by atoms with van der Waals surface area (Å²) >= 11 is 0. The predicted octanol–water partition coefficient (Wildman–Crippen LogP) is 2.04. The molecule has 3 nitrogen and oxygen atoms in total. The second-order valence-corrected chi connectivity index (χ2v) is 6.14. The highest BCUT2D eigenvalue weighted by Gasteiger charge is 2.04. The van der Waals surface area contributed by atoms with Crippen LogP contribution in [0.15, 0.2) is 30.5 Å². The molecule has 0 fully saturated rings. The van der Waals surface area contributed by atoms with E-state index in [4.69, 9.17) is 0 Å². The normalized spacial score (nSPS) is 13.0. The first-order valence-electron chi connectivity index (χ1n) is 6.22. The quantitative estimate of drug-likeness (QED) is 0.810. The lowest BCUT2D eigenvalue weighted by atomic mass is 10.2. The van der Waals surface area contributed by atoms with E-state index < -0.39 is 10.8 Å². The number of para-hydroxylation sites is 1. The maximum atomic E-state index is 10.9. The molecule has 1 aromatic carbocycles. The van der Waals surface area contributed by atoms with E-state index in [1.807, 2.05) is 0 Å². The molecule has 0 amide bonds. The smallest absolute Gasteiger partial charge is 0.0481 e. The molecule has 2 rings (SSSR count). The molecule has 98 valence electrons. The minimum atomic E-state index is -0.676. The Morgan fingerprint density at radius 2 is 2.11 bits per heavy atom. The summed E-state index contributed by atoms with van der Waals surface area (Å²) in [5.41, 5.74) is 2.59. The zero-order valence-corrected chi connectivity index (χ0v) is 11.8. The summed E-state index contributed by atoms with van der Waals surface area (Å²) in [7, 11) is 1.40. The third-order valence-corrected chi connectivity index (χ3v) is 3.94. The lowest BCUT2D eigenvalue weighted by molar-refractivity contribution is 0.662.